The van der Waals surface area contributed by atoms with Gasteiger partial charge in [-0.3, -0.25) is 4.79 Å². The number of carbonyl (C=O) groups excluding carboxylic acids is 2. The summed E-state index contributed by atoms with van der Waals surface area (Å²) in [6.07, 6.45) is -0.522. The van der Waals surface area contributed by atoms with E-state index in [1.54, 1.807) is 16.7 Å². The minimum absolute atomic E-state index is 0.0109. The summed E-state index contributed by atoms with van der Waals surface area (Å²) in [4.78, 5) is 24.2. The monoisotopic (exact) mass is 215 g/mol. The highest BCUT2D eigenvalue weighted by molar-refractivity contribution is 8.00. The van der Waals surface area contributed by atoms with Gasteiger partial charge >= 0.3 is 5.97 Å². The lowest BCUT2D eigenvalue weighted by Gasteiger charge is -2.47. The molecule has 3 heterocycles. The number of ether oxygens (including phenoxy) is 1. The summed E-state index contributed by atoms with van der Waals surface area (Å²) in [6, 6.07) is -0.530. The van der Waals surface area contributed by atoms with Gasteiger partial charge in [0.1, 0.15) is 6.04 Å². The van der Waals surface area contributed by atoms with Crippen LogP contribution in [0.15, 0.2) is 0 Å². The number of nitrogens with zero attached hydrogens (tertiary/aromatic N) is 1. The number of esters is 1. The van der Waals surface area contributed by atoms with Crippen molar-refractivity contribution in [3.63, 3.8) is 0 Å². The van der Waals surface area contributed by atoms with Crippen molar-refractivity contribution in [1.29, 1.82) is 0 Å². The van der Waals surface area contributed by atoms with E-state index < -0.39 is 18.3 Å². The van der Waals surface area contributed by atoms with Crippen molar-refractivity contribution in [2.45, 2.75) is 24.1 Å². The molecular formula is C8H9NO4S. The fourth-order valence-corrected chi connectivity index (χ4v) is 3.66. The highest BCUT2D eigenvalue weighted by atomic mass is 32.2. The zero-order valence-electron chi connectivity index (χ0n) is 7.25. The SMILES string of the molecule is O=C1OC(O)C2CSC3CC(=O)N3C12. The molecule has 0 saturated carbocycles. The van der Waals surface area contributed by atoms with Gasteiger partial charge in [0.15, 0.2) is 0 Å². The summed E-state index contributed by atoms with van der Waals surface area (Å²) < 4.78 is 4.72. The third-order valence-corrected chi connectivity index (χ3v) is 4.33. The summed E-state index contributed by atoms with van der Waals surface area (Å²) in [5, 5.41) is 9.54. The molecule has 0 aromatic heterocycles. The van der Waals surface area contributed by atoms with Gasteiger partial charge in [-0.05, 0) is 0 Å². The second-order valence-electron chi connectivity index (χ2n) is 3.73. The number of hydrogen-bond acceptors (Lipinski definition) is 5. The lowest BCUT2D eigenvalue weighted by Crippen LogP contribution is -2.62. The van der Waals surface area contributed by atoms with Crippen molar-refractivity contribution in [2.24, 2.45) is 5.92 Å². The molecule has 3 rings (SSSR count). The van der Waals surface area contributed by atoms with Crippen LogP contribution in [0, 0.1) is 5.92 Å². The van der Waals surface area contributed by atoms with Crippen molar-refractivity contribution in [1.82, 2.24) is 4.90 Å². The molecule has 0 aliphatic carbocycles. The first-order chi connectivity index (χ1) is 6.68. The van der Waals surface area contributed by atoms with Gasteiger partial charge in [0.25, 0.3) is 0 Å². The van der Waals surface area contributed by atoms with Crippen molar-refractivity contribution < 1.29 is 19.4 Å². The summed E-state index contributed by atoms with van der Waals surface area (Å²) >= 11 is 1.61. The molecule has 14 heavy (non-hydrogen) atoms. The van der Waals surface area contributed by atoms with Crippen LogP contribution in [0.5, 0.6) is 0 Å². The van der Waals surface area contributed by atoms with Crippen molar-refractivity contribution >= 4 is 23.6 Å². The van der Waals surface area contributed by atoms with Crippen LogP contribution in [-0.4, -0.2) is 45.3 Å². The smallest absolute Gasteiger partial charge is 0.331 e. The maximum atomic E-state index is 11.4. The Labute approximate surface area is 84.4 Å². The van der Waals surface area contributed by atoms with E-state index in [2.05, 4.69) is 0 Å². The van der Waals surface area contributed by atoms with E-state index >= 15 is 0 Å². The normalized spacial score (nSPS) is 45.4. The number of rotatable bonds is 0. The predicted molar refractivity (Wildman–Crippen MR) is 47.1 cm³/mol. The van der Waals surface area contributed by atoms with Crippen LogP contribution in [0.3, 0.4) is 0 Å². The fraction of sp³-hybridized carbons (Fsp3) is 0.750. The van der Waals surface area contributed by atoms with E-state index in [1.807, 2.05) is 0 Å². The van der Waals surface area contributed by atoms with E-state index in [0.29, 0.717) is 12.2 Å². The third-order valence-electron chi connectivity index (χ3n) is 2.98. The van der Waals surface area contributed by atoms with E-state index in [9.17, 15) is 14.7 Å². The van der Waals surface area contributed by atoms with Crippen LogP contribution >= 0.6 is 11.8 Å². The zero-order valence-corrected chi connectivity index (χ0v) is 8.07. The number of aliphatic hydroxyl groups is 1. The number of aliphatic hydroxyl groups excluding tert-OH is 1. The van der Waals surface area contributed by atoms with Crippen molar-refractivity contribution in [2.75, 3.05) is 5.75 Å². The second kappa shape index (κ2) is 2.64. The number of fused-ring (bicyclic) bond motifs is 3. The molecule has 76 valence electrons. The maximum Gasteiger partial charge on any atom is 0.331 e. The molecule has 1 amide bonds. The predicted octanol–water partition coefficient (Wildman–Crippen LogP) is -0.848. The molecule has 3 aliphatic rings. The van der Waals surface area contributed by atoms with Gasteiger partial charge in [-0.25, -0.2) is 4.79 Å². The van der Waals surface area contributed by atoms with E-state index in [-0.39, 0.29) is 17.2 Å². The largest absolute Gasteiger partial charge is 0.434 e. The molecule has 0 aromatic carbocycles. The van der Waals surface area contributed by atoms with Crippen LogP contribution in [0.25, 0.3) is 0 Å². The summed E-state index contributed by atoms with van der Waals surface area (Å²) in [5.41, 5.74) is 0. The number of thioether (sulfide) groups is 1. The van der Waals surface area contributed by atoms with Crippen LogP contribution < -0.4 is 0 Å². The molecule has 3 fully saturated rings. The molecule has 1 N–H and O–H groups in total. The highest BCUT2D eigenvalue weighted by Crippen LogP contribution is 2.44. The van der Waals surface area contributed by atoms with E-state index in [0.717, 1.165) is 0 Å². The molecule has 5 nitrogen and oxygen atoms in total. The molecule has 0 radical (unpaired) electrons. The molecule has 4 unspecified atom stereocenters. The maximum absolute atomic E-state index is 11.4. The molecule has 0 bridgehead atoms. The highest BCUT2D eigenvalue weighted by Gasteiger charge is 2.57. The first kappa shape index (κ1) is 8.55. The van der Waals surface area contributed by atoms with Gasteiger partial charge in [-0.1, -0.05) is 0 Å². The van der Waals surface area contributed by atoms with Gasteiger partial charge in [-0.2, -0.15) is 0 Å². The quantitative estimate of drug-likeness (QED) is 0.421. The minimum atomic E-state index is -1.03. The Balaban J connectivity index is 1.92. The minimum Gasteiger partial charge on any atom is -0.434 e. The topological polar surface area (TPSA) is 66.8 Å². The molecule has 4 atom stereocenters. The first-order valence-electron chi connectivity index (χ1n) is 4.50. The Morgan fingerprint density at radius 2 is 2.29 bits per heavy atom. The van der Waals surface area contributed by atoms with Crippen LogP contribution in [0.1, 0.15) is 6.42 Å². The molecule has 3 aliphatic heterocycles. The van der Waals surface area contributed by atoms with Gasteiger partial charge in [0.2, 0.25) is 12.2 Å². The number of carbonyl (C=O) groups is 2. The Bertz CT molecular complexity index is 320. The van der Waals surface area contributed by atoms with Crippen LogP contribution in [0.4, 0.5) is 0 Å². The number of amides is 1. The molecule has 0 aromatic rings. The molecular weight excluding hydrogens is 206 g/mol. The Kier molecular flexibility index (Phi) is 1.61. The Morgan fingerprint density at radius 3 is 3.00 bits per heavy atom. The van der Waals surface area contributed by atoms with Gasteiger partial charge in [-0.15, -0.1) is 11.8 Å². The van der Waals surface area contributed by atoms with E-state index in [4.69, 9.17) is 4.74 Å². The second-order valence-corrected chi connectivity index (χ2v) is 4.94. The fourth-order valence-electron chi connectivity index (χ4n) is 2.20. The molecule has 0 spiro atoms. The van der Waals surface area contributed by atoms with Gasteiger partial charge in [0.05, 0.1) is 17.7 Å². The summed E-state index contributed by atoms with van der Waals surface area (Å²) in [5.74, 6) is -0.0245. The summed E-state index contributed by atoms with van der Waals surface area (Å²) in [6.45, 7) is 0. The standard InChI is InChI=1S/C8H9NO4S/c10-4-1-5-9(4)6-3(2-14-5)7(11)13-8(6)12/h3,5-7,11H,1-2H2. The lowest BCUT2D eigenvalue weighted by molar-refractivity contribution is -0.161. The lowest BCUT2D eigenvalue weighted by atomic mass is 9.98. The van der Waals surface area contributed by atoms with Crippen LogP contribution in [0.2, 0.25) is 0 Å². The number of hydrogen-bond donors (Lipinski definition) is 1. The molecule has 3 saturated heterocycles. The van der Waals surface area contributed by atoms with Crippen LogP contribution in [-0.2, 0) is 14.3 Å². The summed E-state index contributed by atoms with van der Waals surface area (Å²) in [7, 11) is 0. The number of β-lactam (4-membered cyclic amide) rings is 1. The van der Waals surface area contributed by atoms with E-state index in [1.165, 1.54) is 0 Å². The van der Waals surface area contributed by atoms with Crippen molar-refractivity contribution in [3.05, 3.63) is 0 Å². The average Bonchev–Trinajstić information content (AvgIpc) is 2.39. The van der Waals surface area contributed by atoms with Gasteiger partial charge < -0.3 is 14.7 Å². The zero-order chi connectivity index (χ0) is 9.87. The van der Waals surface area contributed by atoms with Gasteiger partial charge in [0, 0.05) is 5.75 Å². The Hall–Kier alpha value is -0.750. The van der Waals surface area contributed by atoms with Crippen molar-refractivity contribution in [3.8, 4) is 0 Å². The molecule has 6 heteroatoms. The third kappa shape index (κ3) is 0.899. The average molecular weight is 215 g/mol. The first-order valence-corrected chi connectivity index (χ1v) is 5.54. The Morgan fingerprint density at radius 1 is 1.50 bits per heavy atom. The number of cyclic esters (lactones) is 1.